The third-order valence-electron chi connectivity index (χ3n) is 2.44. The van der Waals surface area contributed by atoms with Gasteiger partial charge in [0.25, 0.3) is 0 Å². The fourth-order valence-electron chi connectivity index (χ4n) is 1.49. The molecule has 1 aromatic rings. The van der Waals surface area contributed by atoms with Crippen LogP contribution in [0.3, 0.4) is 0 Å². The maximum atomic E-state index is 12.1. The Hall–Kier alpha value is -0.100. The van der Waals surface area contributed by atoms with Gasteiger partial charge in [0, 0.05) is 23.8 Å². The molecule has 0 N–H and O–H groups in total. The second-order valence-corrected chi connectivity index (χ2v) is 7.22. The first-order valence-corrected chi connectivity index (χ1v) is 8.68. The van der Waals surface area contributed by atoms with Crippen molar-refractivity contribution in [2.45, 2.75) is 26.3 Å². The summed E-state index contributed by atoms with van der Waals surface area (Å²) in [4.78, 5) is 1.08. The van der Waals surface area contributed by atoms with Crippen LogP contribution in [0.2, 0.25) is 0 Å². The molecule has 0 bridgehead atoms. The fraction of sp³-hybridized carbons (Fsp3) is 0.636. The van der Waals surface area contributed by atoms with Crippen LogP contribution in [0.5, 0.6) is 0 Å². The predicted molar refractivity (Wildman–Crippen MR) is 74.1 cm³/mol. The molecule has 6 heteroatoms. The van der Waals surface area contributed by atoms with Crippen molar-refractivity contribution < 1.29 is 8.42 Å². The number of thiophene rings is 1. The lowest BCUT2D eigenvalue weighted by molar-refractivity contribution is 0.425. The minimum Gasteiger partial charge on any atom is -0.212 e. The molecular formula is C11H18ClNO2S2. The zero-order valence-corrected chi connectivity index (χ0v) is 12.3. The first-order valence-electron chi connectivity index (χ1n) is 5.66. The molecular weight excluding hydrogens is 278 g/mol. The van der Waals surface area contributed by atoms with E-state index in [1.165, 1.54) is 4.31 Å². The third-order valence-corrected chi connectivity index (χ3v) is 5.55. The molecule has 3 nitrogen and oxygen atoms in total. The highest BCUT2D eigenvalue weighted by Crippen LogP contribution is 2.15. The number of rotatable bonds is 8. The lowest BCUT2D eigenvalue weighted by Crippen LogP contribution is -2.32. The van der Waals surface area contributed by atoms with Crippen LogP contribution in [0.15, 0.2) is 17.5 Å². The van der Waals surface area contributed by atoms with E-state index in [0.717, 1.165) is 11.3 Å². The average molecular weight is 296 g/mol. The van der Waals surface area contributed by atoms with Crippen LogP contribution < -0.4 is 0 Å². The summed E-state index contributed by atoms with van der Waals surface area (Å²) in [5.74, 6) is 0.714. The van der Waals surface area contributed by atoms with Crippen LogP contribution in [-0.4, -0.2) is 30.9 Å². The van der Waals surface area contributed by atoms with E-state index in [1.807, 2.05) is 24.4 Å². The van der Waals surface area contributed by atoms with E-state index in [4.69, 9.17) is 11.6 Å². The topological polar surface area (TPSA) is 37.4 Å². The zero-order valence-electron chi connectivity index (χ0n) is 9.93. The molecule has 0 aromatic carbocycles. The molecule has 0 fully saturated rings. The Morgan fingerprint density at radius 1 is 1.41 bits per heavy atom. The molecule has 17 heavy (non-hydrogen) atoms. The van der Waals surface area contributed by atoms with Crippen molar-refractivity contribution in [3.8, 4) is 0 Å². The SMILES string of the molecule is CCN(Cc1cccs1)S(=O)(=O)CCCCCl. The Kier molecular flexibility index (Phi) is 6.48. The molecule has 0 saturated carbocycles. The van der Waals surface area contributed by atoms with E-state index in [-0.39, 0.29) is 5.75 Å². The van der Waals surface area contributed by atoms with Crippen LogP contribution in [0.25, 0.3) is 0 Å². The van der Waals surface area contributed by atoms with Gasteiger partial charge < -0.3 is 0 Å². The Bertz CT molecular complexity index is 403. The van der Waals surface area contributed by atoms with E-state index < -0.39 is 10.0 Å². The number of hydrogen-bond donors (Lipinski definition) is 0. The highest BCUT2D eigenvalue weighted by atomic mass is 35.5. The van der Waals surface area contributed by atoms with Gasteiger partial charge in [-0.05, 0) is 24.3 Å². The van der Waals surface area contributed by atoms with E-state index in [0.29, 0.717) is 25.4 Å². The van der Waals surface area contributed by atoms with Gasteiger partial charge in [-0.3, -0.25) is 0 Å². The Morgan fingerprint density at radius 3 is 2.71 bits per heavy atom. The van der Waals surface area contributed by atoms with Crippen molar-refractivity contribution in [3.63, 3.8) is 0 Å². The van der Waals surface area contributed by atoms with Crippen molar-refractivity contribution in [2.75, 3.05) is 18.2 Å². The lowest BCUT2D eigenvalue weighted by Gasteiger charge is -2.19. The first kappa shape index (κ1) is 15.0. The van der Waals surface area contributed by atoms with Crippen molar-refractivity contribution in [2.24, 2.45) is 0 Å². The molecule has 0 aliphatic carbocycles. The van der Waals surface area contributed by atoms with E-state index in [9.17, 15) is 8.42 Å². The van der Waals surface area contributed by atoms with Crippen LogP contribution in [0, 0.1) is 0 Å². The highest BCUT2D eigenvalue weighted by molar-refractivity contribution is 7.89. The summed E-state index contributed by atoms with van der Waals surface area (Å²) in [6, 6.07) is 3.90. The molecule has 0 aliphatic heterocycles. The molecule has 1 aromatic heterocycles. The van der Waals surface area contributed by atoms with Crippen LogP contribution in [0.1, 0.15) is 24.6 Å². The molecule has 0 atom stereocenters. The summed E-state index contributed by atoms with van der Waals surface area (Å²) in [5, 5.41) is 1.96. The van der Waals surface area contributed by atoms with Crippen molar-refractivity contribution >= 4 is 33.0 Å². The number of hydrogen-bond acceptors (Lipinski definition) is 3. The molecule has 1 heterocycles. The van der Waals surface area contributed by atoms with Crippen LogP contribution >= 0.6 is 22.9 Å². The number of alkyl halides is 1. The minimum absolute atomic E-state index is 0.193. The monoisotopic (exact) mass is 295 g/mol. The van der Waals surface area contributed by atoms with Crippen molar-refractivity contribution in [3.05, 3.63) is 22.4 Å². The normalized spacial score (nSPS) is 12.2. The van der Waals surface area contributed by atoms with Crippen molar-refractivity contribution in [1.82, 2.24) is 4.31 Å². The number of unbranched alkanes of at least 4 members (excludes halogenated alkanes) is 1. The molecule has 98 valence electrons. The molecule has 0 spiro atoms. The van der Waals surface area contributed by atoms with E-state index >= 15 is 0 Å². The van der Waals surface area contributed by atoms with Crippen molar-refractivity contribution in [1.29, 1.82) is 0 Å². The predicted octanol–water partition coefficient (Wildman–Crippen LogP) is 2.92. The van der Waals surface area contributed by atoms with Gasteiger partial charge in [-0.1, -0.05) is 13.0 Å². The smallest absolute Gasteiger partial charge is 0.212 e. The van der Waals surface area contributed by atoms with Gasteiger partial charge in [-0.15, -0.1) is 22.9 Å². The van der Waals surface area contributed by atoms with Gasteiger partial charge in [0.05, 0.1) is 5.75 Å². The van der Waals surface area contributed by atoms with Gasteiger partial charge >= 0.3 is 0 Å². The van der Waals surface area contributed by atoms with Gasteiger partial charge in [0.2, 0.25) is 10.0 Å². The molecule has 0 saturated heterocycles. The van der Waals surface area contributed by atoms with Gasteiger partial charge in [-0.25, -0.2) is 8.42 Å². The summed E-state index contributed by atoms with van der Waals surface area (Å²) in [6.45, 7) is 2.87. The minimum atomic E-state index is -3.14. The lowest BCUT2D eigenvalue weighted by atomic mass is 10.4. The number of sulfonamides is 1. The second kappa shape index (κ2) is 7.36. The Labute approximate surface area is 112 Å². The zero-order chi connectivity index (χ0) is 12.7. The van der Waals surface area contributed by atoms with Gasteiger partial charge in [0.1, 0.15) is 0 Å². The van der Waals surface area contributed by atoms with Crippen LogP contribution in [-0.2, 0) is 16.6 Å². The summed E-state index contributed by atoms with van der Waals surface area (Å²) in [5.41, 5.74) is 0. The molecule has 0 amide bonds. The summed E-state index contributed by atoms with van der Waals surface area (Å²) in [6.07, 6.45) is 1.38. The largest absolute Gasteiger partial charge is 0.214 e. The Morgan fingerprint density at radius 2 is 2.18 bits per heavy atom. The third kappa shape index (κ3) is 4.95. The summed E-state index contributed by atoms with van der Waals surface area (Å²) < 4.78 is 25.6. The first-order chi connectivity index (χ1) is 8.10. The number of halogens is 1. The summed E-state index contributed by atoms with van der Waals surface area (Å²) >= 11 is 7.14. The molecule has 1 rings (SSSR count). The maximum absolute atomic E-state index is 12.1. The Balaban J connectivity index is 2.59. The molecule has 0 unspecified atom stereocenters. The average Bonchev–Trinajstić information content (AvgIpc) is 2.78. The van der Waals surface area contributed by atoms with E-state index in [2.05, 4.69) is 0 Å². The molecule has 0 aliphatic rings. The maximum Gasteiger partial charge on any atom is 0.214 e. The van der Waals surface area contributed by atoms with Gasteiger partial charge in [0.15, 0.2) is 0 Å². The molecule has 0 radical (unpaired) electrons. The number of nitrogens with zero attached hydrogens (tertiary/aromatic N) is 1. The highest BCUT2D eigenvalue weighted by Gasteiger charge is 2.20. The van der Waals surface area contributed by atoms with Crippen LogP contribution in [0.4, 0.5) is 0 Å². The second-order valence-electron chi connectivity index (χ2n) is 3.72. The quantitative estimate of drug-likeness (QED) is 0.546. The summed E-state index contributed by atoms with van der Waals surface area (Å²) in [7, 11) is -3.14. The van der Waals surface area contributed by atoms with E-state index in [1.54, 1.807) is 11.3 Å². The standard InChI is InChI=1S/C11H18ClNO2S2/c1-2-13(10-11-6-5-8-16-11)17(14,15)9-4-3-7-12/h5-6,8H,2-4,7,9-10H2,1H3. The fourth-order valence-corrected chi connectivity index (χ4v) is 4.04. The van der Waals surface area contributed by atoms with Gasteiger partial charge in [-0.2, -0.15) is 4.31 Å².